The average Bonchev–Trinajstić information content (AvgIpc) is 0.839. The van der Waals surface area contributed by atoms with Crippen LogP contribution in [0.15, 0.2) is 241 Å². The van der Waals surface area contributed by atoms with Gasteiger partial charge in [-0.15, -0.1) is 0 Å². The van der Waals surface area contributed by atoms with Crippen molar-refractivity contribution in [3.8, 4) is 80.5 Å². The zero-order valence-corrected chi connectivity index (χ0v) is 72.7. The van der Waals surface area contributed by atoms with E-state index in [-0.39, 0.29) is 99.4 Å². The van der Waals surface area contributed by atoms with E-state index in [1.165, 1.54) is 56.0 Å². The maximum atomic E-state index is 12.2. The van der Waals surface area contributed by atoms with Crippen molar-refractivity contribution in [1.82, 2.24) is 14.7 Å². The Balaban J connectivity index is 0.000000380. The average molecular weight is 1780 g/mol. The van der Waals surface area contributed by atoms with Gasteiger partial charge in [-0.25, -0.2) is 4.79 Å². The number of halogens is 1. The summed E-state index contributed by atoms with van der Waals surface area (Å²) in [6.45, 7) is 47.2. The molecule has 1 atom stereocenters. The number of ether oxygens (including phenoxy) is 13. The maximum Gasteiger partial charge on any atom is 0.415 e. The van der Waals surface area contributed by atoms with Gasteiger partial charge in [0.1, 0.15) is 59.5 Å². The molecule has 0 spiro atoms. The molecule has 31 heteroatoms. The van der Waals surface area contributed by atoms with Gasteiger partial charge in [-0.1, -0.05) is 162 Å². The van der Waals surface area contributed by atoms with Crippen LogP contribution in [0.5, 0.6) is 80.5 Å². The van der Waals surface area contributed by atoms with E-state index in [2.05, 4.69) is 59.2 Å². The molecule has 0 radical (unpaired) electrons. The number of nitrogens with zero attached hydrogens (tertiary/aromatic N) is 3. The molecule has 0 aromatic heterocycles. The third kappa shape index (κ3) is 38.3. The number of amides is 3. The van der Waals surface area contributed by atoms with Crippen molar-refractivity contribution in [2.24, 2.45) is 0 Å². The van der Waals surface area contributed by atoms with Gasteiger partial charge in [-0.05, 0) is 118 Å². The minimum Gasteiger partial charge on any atom is -0.504 e. The number of phenols is 4. The van der Waals surface area contributed by atoms with Crippen molar-refractivity contribution in [2.45, 2.75) is 40.2 Å². The Labute approximate surface area is 745 Å². The SMILES string of the molecule is C=CCOc1cccc(C(=O)CC(=O)N2CCOCC2)c1O.C=CCOc1cccc(C(C)=O)c1O.C=CCOc1cccc(C(C)=O)c1OC(=O)N1CCOCC1.C=CCOc1cccc(C(C)=O)c1OCC=C.C=CCOc1cccc(C(C)O)c1OCC=C.C=CCOc1cccc(C=O)c1OCC=C.O=C(Cl)N1CCOCC1.O=Cc1cccc(O)c1O. The van der Waals surface area contributed by atoms with Crippen LogP contribution >= 0.6 is 11.6 Å². The number of rotatable bonds is 37. The normalized spacial score (nSPS) is 12.2. The lowest BCUT2D eigenvalue weighted by atomic mass is 10.1. The van der Waals surface area contributed by atoms with E-state index < -0.39 is 18.0 Å². The summed E-state index contributed by atoms with van der Waals surface area (Å²) in [4.78, 5) is 107. The lowest BCUT2D eigenvalue weighted by Crippen LogP contribution is -2.42. The van der Waals surface area contributed by atoms with Gasteiger partial charge in [0.15, 0.2) is 116 Å². The molecule has 7 aromatic rings. The Hall–Kier alpha value is -14.0. The predicted octanol–water partition coefficient (Wildman–Crippen LogP) is 15.9. The van der Waals surface area contributed by atoms with Crippen LogP contribution in [0.1, 0.15) is 108 Å². The van der Waals surface area contributed by atoms with Crippen LogP contribution in [0.25, 0.3) is 0 Å². The molecule has 1 unspecified atom stereocenters. The van der Waals surface area contributed by atoms with Gasteiger partial charge in [0, 0.05) is 44.8 Å². The van der Waals surface area contributed by atoms with Gasteiger partial charge >= 0.3 is 11.5 Å². The van der Waals surface area contributed by atoms with Gasteiger partial charge in [0.05, 0.1) is 85.5 Å². The fraction of sp³-hybridized carbons (Fsp3) is 0.281. The number of morpholine rings is 3. The second-order valence-electron chi connectivity index (χ2n) is 26.0. The molecule has 7 aromatic carbocycles. The third-order valence-electron chi connectivity index (χ3n) is 16.7. The number of hydrogen-bond donors (Lipinski definition) is 5. The fourth-order valence-electron chi connectivity index (χ4n) is 10.6. The molecule has 0 saturated carbocycles. The molecule has 3 aliphatic heterocycles. The quantitative estimate of drug-likeness (QED) is 0.00459. The number of ketones is 4. The van der Waals surface area contributed by atoms with Crippen LogP contribution in [-0.2, 0) is 19.0 Å². The topological polar surface area (TPSA) is 384 Å². The zero-order valence-electron chi connectivity index (χ0n) is 71.9. The second kappa shape index (κ2) is 62.1. The van der Waals surface area contributed by atoms with Gasteiger partial charge in [-0.3, -0.25) is 38.4 Å². The first kappa shape index (κ1) is 107. The fourth-order valence-corrected chi connectivity index (χ4v) is 10.8. The van der Waals surface area contributed by atoms with Crippen molar-refractivity contribution >= 4 is 64.7 Å². The maximum absolute atomic E-state index is 12.2. The smallest absolute Gasteiger partial charge is 0.415 e. The number of aldehydes is 2. The Morgan fingerprint density at radius 2 is 0.693 bits per heavy atom. The number of benzene rings is 7. The van der Waals surface area contributed by atoms with Crippen molar-refractivity contribution in [2.75, 3.05) is 138 Å². The van der Waals surface area contributed by atoms with Gasteiger partial charge in [0.2, 0.25) is 5.91 Å². The molecular weight excluding hydrogens is 1660 g/mol. The summed E-state index contributed by atoms with van der Waals surface area (Å²) in [5.74, 6) is 2.00. The minimum absolute atomic E-state index is 0.0619. The van der Waals surface area contributed by atoms with Crippen LogP contribution in [0, 0.1) is 0 Å². The number of hydrogen-bond acceptors (Lipinski definition) is 27. The summed E-state index contributed by atoms with van der Waals surface area (Å²) >= 11 is 5.19. The van der Waals surface area contributed by atoms with Gasteiger partial charge in [-0.2, -0.15) is 0 Å². The van der Waals surface area contributed by atoms with E-state index in [0.717, 1.165) is 6.29 Å². The van der Waals surface area contributed by atoms with Crippen LogP contribution in [0.3, 0.4) is 0 Å². The molecule has 3 saturated heterocycles. The first-order chi connectivity index (χ1) is 61.2. The highest BCUT2D eigenvalue weighted by Gasteiger charge is 2.26. The summed E-state index contributed by atoms with van der Waals surface area (Å²) in [5, 5.41) is 46.7. The van der Waals surface area contributed by atoms with Gasteiger partial charge < -0.3 is 102 Å². The second-order valence-corrected chi connectivity index (χ2v) is 26.3. The van der Waals surface area contributed by atoms with Gasteiger partial charge in [0.25, 0.3) is 0 Å². The number of phenolic OH excluding ortho intramolecular Hbond substituents is 4. The first-order valence-corrected chi connectivity index (χ1v) is 40.0. The third-order valence-corrected chi connectivity index (χ3v) is 17.0. The molecular formula is C96H112ClN3O27. The summed E-state index contributed by atoms with van der Waals surface area (Å²) < 4.78 is 69.4. The van der Waals surface area contributed by atoms with E-state index in [0.29, 0.717) is 200 Å². The molecule has 3 fully saturated rings. The van der Waals surface area contributed by atoms with Crippen LogP contribution < -0.4 is 47.4 Å². The van der Waals surface area contributed by atoms with Crippen LogP contribution in [-0.4, -0.2) is 232 Å². The Morgan fingerprint density at radius 1 is 0.378 bits per heavy atom. The highest BCUT2D eigenvalue weighted by Crippen LogP contribution is 2.38. The standard InChI is InChI=1S/2C16H19NO5.C14H18O3.C14H16O3.C13H14O3.C11H12O3.C7H6O3.C5H8ClNO2/c1-3-9-21-14-6-4-5-13(12(2)18)15(14)22-16(19)17-7-10-20-11-8-17;1-2-8-22-14-5-3-4-12(16(14)20)13(18)11-15(19)17-6-9-21-10-7-17;2*1-4-9-16-13-8-6-7-12(11(3)15)14(13)17-10-5-2;1-3-8-15-12-7-5-6-11(10-14)13(12)16-9-4-2;1-3-7-14-10-6-4-5-9(8(2)12)11(10)13;8-4-5-2-1-3-6(9)7(5)10;6-5(8)7-1-3-9-4-2-7/h3-6H,1,7-11H2,2H3;2-5,20H,1,6-11H2;4-8,11,15H,1-2,9-10H2,3H3;4-8H,1-2,9-10H2,3H3;3-7,10H,1-2,8-9H2;3-6,13H,1,7H2,2H3;1-4,9-10H;1-4H2. The van der Waals surface area contributed by atoms with Crippen LogP contribution in [0.4, 0.5) is 9.59 Å². The number of aliphatic hydroxyl groups is 1. The van der Waals surface area contributed by atoms with Crippen molar-refractivity contribution in [3.05, 3.63) is 280 Å². The minimum atomic E-state index is -0.609. The lowest BCUT2D eigenvalue weighted by Gasteiger charge is -2.26. The van der Waals surface area contributed by atoms with Crippen LogP contribution in [0.2, 0.25) is 0 Å². The monoisotopic (exact) mass is 1770 g/mol. The van der Waals surface area contributed by atoms with Crippen molar-refractivity contribution in [1.29, 1.82) is 0 Å². The number of Topliss-reactive ketones (excluding diaryl/α,β-unsaturated/α-hetero) is 4. The summed E-state index contributed by atoms with van der Waals surface area (Å²) in [7, 11) is 0. The largest absolute Gasteiger partial charge is 0.504 e. The number of carbonyl (C=O) groups is 9. The molecule has 10 rings (SSSR count). The first-order valence-electron chi connectivity index (χ1n) is 39.6. The zero-order chi connectivity index (χ0) is 93.9. The summed E-state index contributed by atoms with van der Waals surface area (Å²) in [6.07, 6.45) is 14.3. The molecule has 30 nitrogen and oxygen atoms in total. The lowest BCUT2D eigenvalue weighted by molar-refractivity contribution is -0.134. The molecule has 3 amide bonds. The molecule has 127 heavy (non-hydrogen) atoms. The number of aliphatic hydroxyl groups excluding tert-OH is 1. The van der Waals surface area contributed by atoms with E-state index in [9.17, 15) is 58.5 Å². The Bertz CT molecular complexity index is 4770. The van der Waals surface area contributed by atoms with E-state index >= 15 is 0 Å². The van der Waals surface area contributed by atoms with Crippen molar-refractivity contribution < 1.29 is 130 Å². The highest BCUT2D eigenvalue weighted by atomic mass is 35.5. The summed E-state index contributed by atoms with van der Waals surface area (Å²) in [6, 6.07) is 34.4. The molecule has 680 valence electrons. The highest BCUT2D eigenvalue weighted by molar-refractivity contribution is 6.62. The Morgan fingerprint density at radius 3 is 1.09 bits per heavy atom. The Kier molecular flexibility index (Phi) is 52.4. The predicted molar refractivity (Wildman–Crippen MR) is 483 cm³/mol. The van der Waals surface area contributed by atoms with E-state index in [1.54, 1.807) is 156 Å². The number of aromatic hydroxyl groups is 4. The molecule has 0 bridgehead atoms. The number of para-hydroxylation sites is 7. The molecule has 3 heterocycles. The summed E-state index contributed by atoms with van der Waals surface area (Å²) in [5.41, 5.74) is 2.43. The molecule has 5 N–H and O–H groups in total. The van der Waals surface area contributed by atoms with E-state index in [4.69, 9.17) is 83.4 Å². The molecule has 3 aliphatic rings. The van der Waals surface area contributed by atoms with E-state index in [1.807, 2.05) is 12.1 Å². The number of carbonyl (C=O) groups excluding carboxylic acids is 9. The molecule has 0 aliphatic carbocycles. The van der Waals surface area contributed by atoms with Crippen molar-refractivity contribution in [3.63, 3.8) is 0 Å².